The molecule has 6 aromatic rings. The summed E-state index contributed by atoms with van der Waals surface area (Å²) >= 11 is 3.66. The van der Waals surface area contributed by atoms with Crippen LogP contribution in [-0.4, -0.2) is 0 Å². The van der Waals surface area contributed by atoms with Gasteiger partial charge in [0.1, 0.15) is 0 Å². The maximum atomic E-state index is 6.20. The van der Waals surface area contributed by atoms with Crippen molar-refractivity contribution in [1.29, 1.82) is 0 Å². The number of rotatable bonds is 5. The molecule has 0 saturated heterocycles. The van der Waals surface area contributed by atoms with E-state index in [-0.39, 0.29) is 0 Å². The fraction of sp³-hybridized carbons (Fsp3) is 0. The summed E-state index contributed by atoms with van der Waals surface area (Å²) in [6.07, 6.45) is 0. The molecule has 0 aliphatic rings. The van der Waals surface area contributed by atoms with Crippen LogP contribution in [-0.2, 0) is 0 Å². The van der Waals surface area contributed by atoms with E-state index in [9.17, 15) is 0 Å². The Balaban J connectivity index is 1.61. The average Bonchev–Trinajstić information content (AvgIpc) is 3.24. The van der Waals surface area contributed by atoms with Crippen LogP contribution in [0.5, 0.6) is 0 Å². The first-order chi connectivity index (χ1) is 16.8. The Morgan fingerprint density at radius 2 is 1.29 bits per heavy atom. The van der Waals surface area contributed by atoms with E-state index in [1.807, 2.05) is 47.4 Å². The predicted molar refractivity (Wildman–Crippen MR) is 149 cm³/mol. The number of nitrogen functional groups attached to an aromatic ring is 1. The van der Waals surface area contributed by atoms with Gasteiger partial charge >= 0.3 is 0 Å². The molecule has 0 bridgehead atoms. The summed E-state index contributed by atoms with van der Waals surface area (Å²) in [5.74, 6) is 0. The SMILES string of the molecule is Nc1cccc(N(c2ccccc2)c2cc(Sc3ccccc3)c3c(c2)sc2ccccc23)c1. The summed E-state index contributed by atoms with van der Waals surface area (Å²) in [7, 11) is 0. The molecule has 34 heavy (non-hydrogen) atoms. The van der Waals surface area contributed by atoms with Crippen LogP contribution in [0.25, 0.3) is 20.2 Å². The van der Waals surface area contributed by atoms with Gasteiger partial charge in [-0.3, -0.25) is 0 Å². The quantitative estimate of drug-likeness (QED) is 0.252. The second-order valence-corrected chi connectivity index (χ2v) is 10.3. The molecule has 2 nitrogen and oxygen atoms in total. The van der Waals surface area contributed by atoms with E-state index in [1.165, 1.54) is 30.0 Å². The number of nitrogens with zero attached hydrogens (tertiary/aromatic N) is 1. The molecule has 0 amide bonds. The molecule has 5 aromatic carbocycles. The summed E-state index contributed by atoms with van der Waals surface area (Å²) in [5.41, 5.74) is 10.2. The lowest BCUT2D eigenvalue weighted by atomic mass is 10.1. The van der Waals surface area contributed by atoms with Gasteiger partial charge in [-0.2, -0.15) is 0 Å². The van der Waals surface area contributed by atoms with Gasteiger partial charge in [0.25, 0.3) is 0 Å². The number of hydrogen-bond donors (Lipinski definition) is 1. The Bertz CT molecular complexity index is 1590. The van der Waals surface area contributed by atoms with Gasteiger partial charge in [-0.05, 0) is 60.7 Å². The van der Waals surface area contributed by atoms with Crippen molar-refractivity contribution in [3.63, 3.8) is 0 Å². The zero-order chi connectivity index (χ0) is 22.9. The van der Waals surface area contributed by atoms with Crippen molar-refractivity contribution < 1.29 is 0 Å². The maximum Gasteiger partial charge on any atom is 0.0487 e. The van der Waals surface area contributed by atoms with E-state index in [2.05, 4.69) is 102 Å². The number of anilines is 4. The van der Waals surface area contributed by atoms with E-state index in [1.54, 1.807) is 0 Å². The van der Waals surface area contributed by atoms with Crippen LogP contribution in [0.4, 0.5) is 22.7 Å². The molecular formula is C30H22N2S2. The molecule has 0 atom stereocenters. The molecule has 4 heteroatoms. The van der Waals surface area contributed by atoms with E-state index in [0.29, 0.717) is 0 Å². The molecule has 0 aliphatic carbocycles. The average molecular weight is 475 g/mol. The third kappa shape index (κ3) is 3.92. The summed E-state index contributed by atoms with van der Waals surface area (Å²) in [4.78, 5) is 4.77. The largest absolute Gasteiger partial charge is 0.399 e. The fourth-order valence-electron chi connectivity index (χ4n) is 4.32. The van der Waals surface area contributed by atoms with Gasteiger partial charge in [0.2, 0.25) is 0 Å². The van der Waals surface area contributed by atoms with Crippen molar-refractivity contribution in [3.8, 4) is 0 Å². The molecule has 164 valence electrons. The lowest BCUT2D eigenvalue weighted by Crippen LogP contribution is -2.10. The van der Waals surface area contributed by atoms with Crippen LogP contribution in [0.15, 0.2) is 131 Å². The van der Waals surface area contributed by atoms with Gasteiger partial charge in [0.15, 0.2) is 0 Å². The first kappa shape index (κ1) is 20.8. The molecule has 0 fully saturated rings. The molecule has 0 spiro atoms. The summed E-state index contributed by atoms with van der Waals surface area (Å²) < 4.78 is 2.58. The molecule has 0 aliphatic heterocycles. The smallest absolute Gasteiger partial charge is 0.0487 e. The number of nitrogens with two attached hydrogens (primary N) is 1. The lowest BCUT2D eigenvalue weighted by Gasteiger charge is -2.26. The number of thiophene rings is 1. The van der Waals surface area contributed by atoms with E-state index >= 15 is 0 Å². The van der Waals surface area contributed by atoms with Crippen molar-refractivity contribution in [2.45, 2.75) is 9.79 Å². The molecule has 0 radical (unpaired) electrons. The van der Waals surface area contributed by atoms with Crippen LogP contribution < -0.4 is 10.6 Å². The van der Waals surface area contributed by atoms with Crippen LogP contribution in [0.2, 0.25) is 0 Å². The summed E-state index contributed by atoms with van der Waals surface area (Å²) in [6.45, 7) is 0. The zero-order valence-electron chi connectivity index (χ0n) is 18.4. The highest BCUT2D eigenvalue weighted by Crippen LogP contribution is 2.46. The van der Waals surface area contributed by atoms with Crippen LogP contribution in [0, 0.1) is 0 Å². The monoisotopic (exact) mass is 474 g/mol. The van der Waals surface area contributed by atoms with Crippen molar-refractivity contribution in [2.24, 2.45) is 0 Å². The van der Waals surface area contributed by atoms with E-state index < -0.39 is 0 Å². The Hall–Kier alpha value is -3.73. The normalized spacial score (nSPS) is 11.2. The molecule has 2 N–H and O–H groups in total. The first-order valence-corrected chi connectivity index (χ1v) is 12.8. The van der Waals surface area contributed by atoms with Crippen LogP contribution in [0.1, 0.15) is 0 Å². The molecule has 6 rings (SSSR count). The maximum absolute atomic E-state index is 6.20. The second-order valence-electron chi connectivity index (χ2n) is 8.10. The predicted octanol–water partition coefficient (Wildman–Crippen LogP) is 9.26. The first-order valence-electron chi connectivity index (χ1n) is 11.2. The zero-order valence-corrected chi connectivity index (χ0v) is 20.0. The number of fused-ring (bicyclic) bond motifs is 3. The molecular weight excluding hydrogens is 452 g/mol. The Morgan fingerprint density at radius 1 is 0.588 bits per heavy atom. The van der Waals surface area contributed by atoms with Crippen molar-refractivity contribution in [1.82, 2.24) is 0 Å². The lowest BCUT2D eigenvalue weighted by molar-refractivity contribution is 1.28. The van der Waals surface area contributed by atoms with Crippen molar-refractivity contribution in [2.75, 3.05) is 10.6 Å². The van der Waals surface area contributed by atoms with Crippen LogP contribution >= 0.6 is 23.1 Å². The fourth-order valence-corrected chi connectivity index (χ4v) is 6.59. The number of hydrogen-bond acceptors (Lipinski definition) is 4. The van der Waals surface area contributed by atoms with Crippen molar-refractivity contribution >= 4 is 66.0 Å². The van der Waals surface area contributed by atoms with E-state index in [0.717, 1.165) is 22.7 Å². The number of para-hydroxylation sites is 1. The Kier molecular flexibility index (Phi) is 5.46. The molecule has 0 saturated carbocycles. The third-order valence-electron chi connectivity index (χ3n) is 5.80. The van der Waals surface area contributed by atoms with E-state index in [4.69, 9.17) is 5.73 Å². The summed E-state index contributed by atoms with van der Waals surface area (Å²) in [6, 6.07) is 42.5. The van der Waals surface area contributed by atoms with Gasteiger partial charge in [0.05, 0.1) is 0 Å². The molecule has 0 unspecified atom stereocenters. The summed E-state index contributed by atoms with van der Waals surface area (Å²) in [5, 5.41) is 2.63. The van der Waals surface area contributed by atoms with Gasteiger partial charge in [-0.25, -0.2) is 0 Å². The Morgan fingerprint density at radius 3 is 2.09 bits per heavy atom. The van der Waals surface area contributed by atoms with Gasteiger partial charge < -0.3 is 10.6 Å². The number of benzene rings is 5. The molecule has 1 aromatic heterocycles. The second kappa shape index (κ2) is 8.90. The standard InChI is InChI=1S/C30H22N2S2/c31-21-10-9-13-23(18-21)32(22-11-3-1-4-12-22)24-19-28(33-25-14-5-2-6-15-25)30-26-16-7-8-17-27(26)34-29(30)20-24/h1-20H,31H2. The highest BCUT2D eigenvalue weighted by Gasteiger charge is 2.18. The minimum Gasteiger partial charge on any atom is -0.399 e. The highest BCUT2D eigenvalue weighted by molar-refractivity contribution is 7.99. The minimum atomic E-state index is 0.750. The van der Waals surface area contributed by atoms with Gasteiger partial charge in [0, 0.05) is 52.7 Å². The van der Waals surface area contributed by atoms with Gasteiger partial charge in [-0.15, -0.1) is 11.3 Å². The molecule has 1 heterocycles. The van der Waals surface area contributed by atoms with Crippen molar-refractivity contribution in [3.05, 3.63) is 121 Å². The Labute approximate surface area is 207 Å². The van der Waals surface area contributed by atoms with Gasteiger partial charge in [-0.1, -0.05) is 72.4 Å². The third-order valence-corrected chi connectivity index (χ3v) is 7.97. The highest BCUT2D eigenvalue weighted by atomic mass is 32.2. The minimum absolute atomic E-state index is 0.750. The topological polar surface area (TPSA) is 29.3 Å². The van der Waals surface area contributed by atoms with Crippen LogP contribution in [0.3, 0.4) is 0 Å².